The molecule has 0 spiro atoms. The number of anilines is 2. The largest absolute Gasteiger partial charge is 0.473 e. The summed E-state index contributed by atoms with van der Waals surface area (Å²) in [6.07, 6.45) is -0.211. The van der Waals surface area contributed by atoms with E-state index in [-0.39, 0.29) is 30.2 Å². The van der Waals surface area contributed by atoms with Crippen molar-refractivity contribution < 1.29 is 19.0 Å². The maximum Gasteiger partial charge on any atom is 0.259 e. The summed E-state index contributed by atoms with van der Waals surface area (Å²) in [7, 11) is 3.31. The summed E-state index contributed by atoms with van der Waals surface area (Å²) in [6.45, 7) is 2.36. The third-order valence-electron chi connectivity index (χ3n) is 6.40. The van der Waals surface area contributed by atoms with E-state index in [9.17, 15) is 9.59 Å². The summed E-state index contributed by atoms with van der Waals surface area (Å²) in [6, 6.07) is 18.6. The van der Waals surface area contributed by atoms with Crippen molar-refractivity contribution in [3.8, 4) is 5.88 Å². The first-order valence-electron chi connectivity index (χ1n) is 11.2. The van der Waals surface area contributed by atoms with Gasteiger partial charge in [0.05, 0.1) is 6.54 Å². The van der Waals surface area contributed by atoms with E-state index in [1.54, 1.807) is 25.2 Å². The van der Waals surface area contributed by atoms with Crippen molar-refractivity contribution in [2.24, 2.45) is 5.92 Å². The van der Waals surface area contributed by atoms with Gasteiger partial charge in [-0.3, -0.25) is 19.5 Å². The minimum absolute atomic E-state index is 0.113. The van der Waals surface area contributed by atoms with Gasteiger partial charge in [-0.15, -0.1) is 0 Å². The van der Waals surface area contributed by atoms with Crippen molar-refractivity contribution in [2.45, 2.75) is 19.4 Å². The van der Waals surface area contributed by atoms with Gasteiger partial charge < -0.3 is 19.1 Å². The van der Waals surface area contributed by atoms with E-state index in [1.807, 2.05) is 42.5 Å². The Morgan fingerprint density at radius 2 is 1.76 bits per heavy atom. The molecule has 5 rings (SSSR count). The molecule has 2 aliphatic rings. The lowest BCUT2D eigenvalue weighted by atomic mass is 9.97. The topological polar surface area (TPSA) is 84.1 Å². The smallest absolute Gasteiger partial charge is 0.259 e. The predicted octanol–water partition coefficient (Wildman–Crippen LogP) is 3.17. The number of nitrogens with one attached hydrogen (secondary N) is 1. The Hall–Kier alpha value is -3.62. The van der Waals surface area contributed by atoms with Crippen LogP contribution < -0.4 is 20.1 Å². The number of fused-ring (bicyclic) bond motifs is 1. The first kappa shape index (κ1) is 22.2. The zero-order chi connectivity index (χ0) is 23.7. The molecule has 1 N–H and O–H groups in total. The van der Waals surface area contributed by atoms with Crippen LogP contribution in [0.25, 0.3) is 0 Å². The van der Waals surface area contributed by atoms with Crippen molar-refractivity contribution in [1.82, 2.24) is 4.98 Å². The first-order chi connectivity index (χ1) is 16.6. The van der Waals surface area contributed by atoms with Crippen LogP contribution in [0.5, 0.6) is 5.88 Å². The minimum Gasteiger partial charge on any atom is -0.473 e. The Morgan fingerprint density at radius 3 is 2.50 bits per heavy atom. The Balaban J connectivity index is 1.33. The molecule has 0 unspecified atom stereocenters. The van der Waals surface area contributed by atoms with E-state index < -0.39 is 0 Å². The number of amides is 1. The van der Waals surface area contributed by atoms with Crippen LogP contribution in [0, 0.1) is 5.92 Å². The van der Waals surface area contributed by atoms with Crippen LogP contribution in [0.1, 0.15) is 21.5 Å². The number of benzene rings is 2. The number of pyridine rings is 1. The summed E-state index contributed by atoms with van der Waals surface area (Å²) in [5, 5.41) is 0. The zero-order valence-corrected chi connectivity index (χ0v) is 19.2. The van der Waals surface area contributed by atoms with E-state index in [0.29, 0.717) is 23.7 Å². The van der Waals surface area contributed by atoms with E-state index in [1.165, 1.54) is 6.07 Å². The number of methoxy groups -OCH3 is 2. The maximum atomic E-state index is 13.2. The van der Waals surface area contributed by atoms with Crippen molar-refractivity contribution in [2.75, 3.05) is 37.1 Å². The number of carbonyl (C=O) groups is 1. The highest BCUT2D eigenvalue weighted by Gasteiger charge is 2.36. The molecule has 0 radical (unpaired) electrons. The van der Waals surface area contributed by atoms with Crippen molar-refractivity contribution in [3.63, 3.8) is 0 Å². The number of nitrogens with zero attached hydrogens (tertiary/aromatic N) is 2. The number of carbonyl (C=O) groups excluding carboxylic acids is 1. The molecule has 8 nitrogen and oxygen atoms in total. The second-order valence-corrected chi connectivity index (χ2v) is 8.55. The number of hydrogen-bond donors (Lipinski definition) is 1. The van der Waals surface area contributed by atoms with E-state index in [0.717, 1.165) is 29.9 Å². The number of aromatic nitrogens is 1. The van der Waals surface area contributed by atoms with Crippen molar-refractivity contribution in [1.29, 1.82) is 0 Å². The van der Waals surface area contributed by atoms with Gasteiger partial charge in [-0.05, 0) is 35.4 Å². The predicted molar refractivity (Wildman–Crippen MR) is 128 cm³/mol. The molecule has 1 amide bonds. The van der Waals surface area contributed by atoms with Gasteiger partial charge in [0.2, 0.25) is 5.88 Å². The van der Waals surface area contributed by atoms with Gasteiger partial charge in [-0.25, -0.2) is 0 Å². The summed E-state index contributed by atoms with van der Waals surface area (Å²) in [5.74, 6) is 0.485. The maximum absolute atomic E-state index is 13.2. The van der Waals surface area contributed by atoms with Gasteiger partial charge in [0.25, 0.3) is 11.5 Å². The van der Waals surface area contributed by atoms with Crippen LogP contribution in [0.3, 0.4) is 0 Å². The molecule has 0 aliphatic carbocycles. The summed E-state index contributed by atoms with van der Waals surface area (Å²) < 4.78 is 16.7. The van der Waals surface area contributed by atoms with E-state index in [2.05, 4.69) is 16.0 Å². The van der Waals surface area contributed by atoms with Gasteiger partial charge in [0.15, 0.2) is 6.29 Å². The molecule has 1 fully saturated rings. The molecule has 0 saturated carbocycles. The molecule has 0 atom stereocenters. The molecule has 2 aliphatic heterocycles. The minimum atomic E-state index is -0.281. The molecule has 34 heavy (non-hydrogen) atoms. The van der Waals surface area contributed by atoms with Crippen LogP contribution in [0.15, 0.2) is 65.5 Å². The molecule has 0 bridgehead atoms. The Kier molecular flexibility index (Phi) is 6.08. The lowest BCUT2D eigenvalue weighted by Gasteiger charge is -2.43. The quantitative estimate of drug-likeness (QED) is 0.519. The number of ether oxygens (including phenoxy) is 3. The molecule has 3 aromatic rings. The monoisotopic (exact) mass is 461 g/mol. The molecule has 2 aromatic carbocycles. The van der Waals surface area contributed by atoms with E-state index >= 15 is 0 Å². The van der Waals surface area contributed by atoms with Crippen LogP contribution in [-0.4, -0.2) is 44.5 Å². The molecule has 3 heterocycles. The second kappa shape index (κ2) is 9.32. The van der Waals surface area contributed by atoms with Crippen LogP contribution >= 0.6 is 0 Å². The fourth-order valence-electron chi connectivity index (χ4n) is 4.58. The van der Waals surface area contributed by atoms with E-state index in [4.69, 9.17) is 14.2 Å². The number of aromatic amines is 1. The summed E-state index contributed by atoms with van der Waals surface area (Å²) >= 11 is 0. The molecule has 1 aromatic heterocycles. The summed E-state index contributed by atoms with van der Waals surface area (Å²) in [5.41, 5.74) is 3.91. The fraction of sp³-hybridized carbons (Fsp3) is 0.308. The average Bonchev–Trinajstić information content (AvgIpc) is 3.16. The fourth-order valence-corrected chi connectivity index (χ4v) is 4.58. The molecule has 176 valence electrons. The zero-order valence-electron chi connectivity index (χ0n) is 19.2. The number of hydrogen-bond acceptors (Lipinski definition) is 6. The van der Waals surface area contributed by atoms with Crippen LogP contribution in [0.4, 0.5) is 11.4 Å². The average molecular weight is 462 g/mol. The van der Waals surface area contributed by atoms with Crippen LogP contribution in [0.2, 0.25) is 0 Å². The third-order valence-corrected chi connectivity index (χ3v) is 6.40. The first-order valence-corrected chi connectivity index (χ1v) is 11.2. The van der Waals surface area contributed by atoms with Gasteiger partial charge in [0, 0.05) is 50.5 Å². The van der Waals surface area contributed by atoms with Gasteiger partial charge in [-0.1, -0.05) is 30.3 Å². The number of rotatable bonds is 8. The van der Waals surface area contributed by atoms with Gasteiger partial charge in [0.1, 0.15) is 12.3 Å². The second-order valence-electron chi connectivity index (χ2n) is 8.55. The standard InChI is InChI=1S/C26H27N3O5/c1-32-26(33-2)19-13-28(14-19)20-8-9-21-18(12-20)15-29(25(21)31)22-10-11-23(30)27-24(22)34-16-17-6-4-3-5-7-17/h3-12,19,26H,13-16H2,1-2H3,(H,27,30). The molecular formula is C26H27N3O5. The van der Waals surface area contributed by atoms with Gasteiger partial charge in [-0.2, -0.15) is 0 Å². The number of H-pyrrole nitrogens is 1. The Bertz CT molecular complexity index is 1230. The van der Waals surface area contributed by atoms with Crippen molar-refractivity contribution in [3.05, 3.63) is 87.7 Å². The lowest BCUT2D eigenvalue weighted by Crippen LogP contribution is -2.53. The highest BCUT2D eigenvalue weighted by Crippen LogP contribution is 2.36. The third kappa shape index (κ3) is 4.18. The highest BCUT2D eigenvalue weighted by atomic mass is 16.7. The Morgan fingerprint density at radius 1 is 1.00 bits per heavy atom. The lowest BCUT2D eigenvalue weighted by molar-refractivity contribution is -0.142. The summed E-state index contributed by atoms with van der Waals surface area (Å²) in [4.78, 5) is 31.8. The molecule has 1 saturated heterocycles. The normalized spacial score (nSPS) is 15.6. The van der Waals surface area contributed by atoms with Crippen molar-refractivity contribution >= 4 is 17.3 Å². The highest BCUT2D eigenvalue weighted by molar-refractivity contribution is 6.10. The molecule has 8 heteroatoms. The van der Waals surface area contributed by atoms with Gasteiger partial charge >= 0.3 is 0 Å². The molecular weight excluding hydrogens is 434 g/mol. The SMILES string of the molecule is COC(OC)C1CN(c2ccc3c(c2)CN(c2ccc(=O)[nH]c2OCc2ccccc2)C3=O)C1. The van der Waals surface area contributed by atoms with Crippen LogP contribution in [-0.2, 0) is 22.6 Å². The Labute approximate surface area is 197 Å².